The second kappa shape index (κ2) is 6.22. The number of nitrogens with zero attached hydrogens (tertiary/aromatic N) is 1. The largest absolute Gasteiger partial charge is 0.276 e. The van der Waals surface area contributed by atoms with Gasteiger partial charge in [0.2, 0.25) is 0 Å². The summed E-state index contributed by atoms with van der Waals surface area (Å²) in [4.78, 5) is 0.385. The molecule has 1 heterocycles. The van der Waals surface area contributed by atoms with E-state index in [4.69, 9.17) is 0 Å². The standard InChI is InChI=1S/C19H17N3O2S/c23-25(24,17-11-10-14-6-4-5-9-16(14)12-17)22-19-13-18(20-21-19)15-7-2-1-3-8-15/h1-9,12-13H,10-11H2,(H2,20,21,22). The molecule has 1 aromatic heterocycles. The van der Waals surface area contributed by atoms with Crippen LogP contribution in [0.25, 0.3) is 17.3 Å². The topological polar surface area (TPSA) is 74.8 Å². The van der Waals surface area contributed by atoms with Gasteiger partial charge in [0.25, 0.3) is 10.0 Å². The number of nitrogens with one attached hydrogen (secondary N) is 2. The Bertz CT molecular complexity index is 1040. The van der Waals surface area contributed by atoms with Crippen molar-refractivity contribution in [2.75, 3.05) is 4.72 Å². The van der Waals surface area contributed by atoms with E-state index in [1.807, 2.05) is 54.6 Å². The number of hydrogen-bond acceptors (Lipinski definition) is 3. The van der Waals surface area contributed by atoms with Crippen molar-refractivity contribution in [1.29, 1.82) is 0 Å². The maximum Gasteiger partial charge on any atom is 0.259 e. The predicted octanol–water partition coefficient (Wildman–Crippen LogP) is 3.81. The highest BCUT2D eigenvalue weighted by atomic mass is 32.2. The molecule has 25 heavy (non-hydrogen) atoms. The number of hydrogen-bond donors (Lipinski definition) is 2. The summed E-state index contributed by atoms with van der Waals surface area (Å²) in [5.41, 5.74) is 3.85. The van der Waals surface area contributed by atoms with Gasteiger partial charge in [-0.25, -0.2) is 8.42 Å². The molecule has 0 amide bonds. The molecule has 0 radical (unpaired) electrons. The molecule has 0 fully saturated rings. The Morgan fingerprint density at radius 1 is 0.960 bits per heavy atom. The third-order valence-electron chi connectivity index (χ3n) is 4.26. The van der Waals surface area contributed by atoms with Gasteiger partial charge in [0, 0.05) is 6.07 Å². The number of allylic oxidation sites excluding steroid dienone is 1. The lowest BCUT2D eigenvalue weighted by atomic mass is 9.98. The van der Waals surface area contributed by atoms with Crippen LogP contribution in [0.5, 0.6) is 0 Å². The number of H-pyrrole nitrogens is 1. The van der Waals surface area contributed by atoms with E-state index in [0.29, 0.717) is 17.1 Å². The van der Waals surface area contributed by atoms with Crippen LogP contribution in [-0.4, -0.2) is 18.6 Å². The monoisotopic (exact) mass is 351 g/mol. The van der Waals surface area contributed by atoms with Crippen molar-refractivity contribution in [2.24, 2.45) is 0 Å². The highest BCUT2D eigenvalue weighted by molar-refractivity contribution is 7.96. The van der Waals surface area contributed by atoms with Crippen molar-refractivity contribution in [3.8, 4) is 11.3 Å². The first-order valence-corrected chi connectivity index (χ1v) is 9.52. The summed E-state index contributed by atoms with van der Waals surface area (Å²) in [6.45, 7) is 0. The van der Waals surface area contributed by atoms with Gasteiger partial charge in [0.1, 0.15) is 0 Å². The first-order chi connectivity index (χ1) is 12.1. The summed E-state index contributed by atoms with van der Waals surface area (Å²) in [7, 11) is -3.62. The van der Waals surface area contributed by atoms with Crippen molar-refractivity contribution in [1.82, 2.24) is 10.2 Å². The molecule has 0 spiro atoms. The van der Waals surface area contributed by atoms with Crippen LogP contribution in [0.3, 0.4) is 0 Å². The van der Waals surface area contributed by atoms with Gasteiger partial charge in [-0.3, -0.25) is 9.82 Å². The molecule has 5 nitrogen and oxygen atoms in total. The van der Waals surface area contributed by atoms with Crippen LogP contribution >= 0.6 is 0 Å². The molecular weight excluding hydrogens is 334 g/mol. The number of sulfonamides is 1. The van der Waals surface area contributed by atoms with Gasteiger partial charge < -0.3 is 0 Å². The molecule has 2 N–H and O–H groups in total. The predicted molar refractivity (Wildman–Crippen MR) is 99.3 cm³/mol. The van der Waals surface area contributed by atoms with Crippen LogP contribution in [0.15, 0.2) is 65.6 Å². The zero-order valence-electron chi connectivity index (χ0n) is 13.4. The molecular formula is C19H17N3O2S. The molecule has 6 heteroatoms. The van der Waals surface area contributed by atoms with Gasteiger partial charge in [-0.15, -0.1) is 0 Å². The van der Waals surface area contributed by atoms with Gasteiger partial charge in [-0.2, -0.15) is 5.10 Å². The van der Waals surface area contributed by atoms with Gasteiger partial charge in [-0.05, 0) is 35.6 Å². The Hall–Kier alpha value is -2.86. The molecule has 0 unspecified atom stereocenters. The van der Waals surface area contributed by atoms with Gasteiger partial charge >= 0.3 is 0 Å². The number of fused-ring (bicyclic) bond motifs is 1. The maximum absolute atomic E-state index is 12.7. The first-order valence-electron chi connectivity index (χ1n) is 8.04. The smallest absolute Gasteiger partial charge is 0.259 e. The number of aryl methyl sites for hydroxylation is 1. The lowest BCUT2D eigenvalue weighted by Gasteiger charge is -2.16. The highest BCUT2D eigenvalue weighted by Crippen LogP contribution is 2.28. The summed E-state index contributed by atoms with van der Waals surface area (Å²) in [6.07, 6.45) is 2.95. The number of aromatic nitrogens is 2. The molecule has 0 atom stereocenters. The lowest BCUT2D eigenvalue weighted by Crippen LogP contribution is -2.17. The van der Waals surface area contributed by atoms with E-state index < -0.39 is 10.0 Å². The van der Waals surface area contributed by atoms with Crippen molar-refractivity contribution < 1.29 is 8.42 Å². The van der Waals surface area contributed by atoms with E-state index in [-0.39, 0.29) is 0 Å². The molecule has 126 valence electrons. The van der Waals surface area contributed by atoms with E-state index in [2.05, 4.69) is 14.9 Å². The minimum absolute atomic E-state index is 0.290. The number of rotatable bonds is 4. The zero-order chi connectivity index (χ0) is 17.3. The second-order valence-corrected chi connectivity index (χ2v) is 7.68. The Balaban J connectivity index is 1.59. The van der Waals surface area contributed by atoms with Crippen molar-refractivity contribution in [3.63, 3.8) is 0 Å². The van der Waals surface area contributed by atoms with Crippen LogP contribution in [-0.2, 0) is 16.4 Å². The van der Waals surface area contributed by atoms with Crippen LogP contribution in [0, 0.1) is 0 Å². The zero-order valence-corrected chi connectivity index (χ0v) is 14.3. The first kappa shape index (κ1) is 15.7. The average Bonchev–Trinajstić information content (AvgIpc) is 3.10. The van der Waals surface area contributed by atoms with E-state index in [1.165, 1.54) is 5.56 Å². The Labute approximate surface area is 146 Å². The Kier molecular flexibility index (Phi) is 3.89. The minimum atomic E-state index is -3.62. The van der Waals surface area contributed by atoms with Crippen molar-refractivity contribution >= 4 is 21.9 Å². The fourth-order valence-corrected chi connectivity index (χ4v) is 4.12. The average molecular weight is 351 g/mol. The van der Waals surface area contributed by atoms with E-state index in [1.54, 1.807) is 12.1 Å². The fourth-order valence-electron chi connectivity index (χ4n) is 2.96. The molecule has 2 aromatic carbocycles. The summed E-state index contributed by atoms with van der Waals surface area (Å²) >= 11 is 0. The quantitative estimate of drug-likeness (QED) is 0.751. The maximum atomic E-state index is 12.7. The third kappa shape index (κ3) is 3.21. The van der Waals surface area contributed by atoms with E-state index >= 15 is 0 Å². The molecule has 0 aliphatic heterocycles. The Morgan fingerprint density at radius 3 is 2.56 bits per heavy atom. The Morgan fingerprint density at radius 2 is 1.72 bits per heavy atom. The normalized spacial score (nSPS) is 13.8. The molecule has 0 saturated heterocycles. The minimum Gasteiger partial charge on any atom is -0.276 e. The van der Waals surface area contributed by atoms with Crippen LogP contribution in [0.4, 0.5) is 5.82 Å². The van der Waals surface area contributed by atoms with Crippen LogP contribution in [0.2, 0.25) is 0 Å². The number of anilines is 1. The van der Waals surface area contributed by atoms with Crippen molar-refractivity contribution in [3.05, 3.63) is 76.7 Å². The molecule has 4 rings (SSSR count). The second-order valence-electron chi connectivity index (χ2n) is 5.95. The van der Waals surface area contributed by atoms with Gasteiger partial charge in [0.05, 0.1) is 10.6 Å². The van der Waals surface area contributed by atoms with Crippen LogP contribution < -0.4 is 4.72 Å². The van der Waals surface area contributed by atoms with Gasteiger partial charge in [0.15, 0.2) is 5.82 Å². The van der Waals surface area contributed by atoms with Crippen molar-refractivity contribution in [2.45, 2.75) is 12.8 Å². The fraction of sp³-hybridized carbons (Fsp3) is 0.105. The molecule has 0 bridgehead atoms. The van der Waals surface area contributed by atoms with Crippen LogP contribution in [0.1, 0.15) is 17.5 Å². The van der Waals surface area contributed by atoms with E-state index in [0.717, 1.165) is 23.2 Å². The number of aromatic amines is 1. The molecule has 0 saturated carbocycles. The molecule has 1 aliphatic carbocycles. The molecule has 3 aromatic rings. The summed E-state index contributed by atoms with van der Waals surface area (Å²) in [5, 5.41) is 6.94. The van der Waals surface area contributed by atoms with Gasteiger partial charge in [-0.1, -0.05) is 54.6 Å². The van der Waals surface area contributed by atoms with E-state index in [9.17, 15) is 8.42 Å². The lowest BCUT2D eigenvalue weighted by molar-refractivity contribution is 0.604. The summed E-state index contributed by atoms with van der Waals surface area (Å²) < 4.78 is 27.9. The summed E-state index contributed by atoms with van der Waals surface area (Å²) in [6, 6.07) is 19.2. The number of benzene rings is 2. The third-order valence-corrected chi connectivity index (χ3v) is 5.75. The highest BCUT2D eigenvalue weighted by Gasteiger charge is 2.22. The SMILES string of the molecule is O=S(=O)(Nc1cc(-c2ccccc2)[nH]n1)C1=Cc2ccccc2CC1. The molecule has 1 aliphatic rings. The summed E-state index contributed by atoms with van der Waals surface area (Å²) in [5.74, 6) is 0.290.